The number of aromatic nitrogens is 2. The second-order valence-corrected chi connectivity index (χ2v) is 7.03. The van der Waals surface area contributed by atoms with E-state index in [1.165, 1.54) is 5.69 Å². The summed E-state index contributed by atoms with van der Waals surface area (Å²) in [6, 6.07) is 18.5. The molecule has 1 N–H and O–H groups in total. The third kappa shape index (κ3) is 3.36. The zero-order valence-corrected chi connectivity index (χ0v) is 16.9. The van der Waals surface area contributed by atoms with E-state index >= 15 is 0 Å². The molecule has 0 amide bonds. The molecule has 0 unspecified atom stereocenters. The highest BCUT2D eigenvalue weighted by Crippen LogP contribution is 2.39. The summed E-state index contributed by atoms with van der Waals surface area (Å²) in [6.45, 7) is 5.61. The molecule has 1 fully saturated rings. The van der Waals surface area contributed by atoms with Crippen molar-refractivity contribution in [2.45, 2.75) is 25.9 Å². The Morgan fingerprint density at radius 2 is 1.89 bits per heavy atom. The van der Waals surface area contributed by atoms with Crippen LogP contribution < -0.4 is 10.1 Å². The fourth-order valence-electron chi connectivity index (χ4n) is 3.81. The third-order valence-electron chi connectivity index (χ3n) is 5.05. The second kappa shape index (κ2) is 8.02. The number of ether oxygens (including phenoxy) is 1. The van der Waals surface area contributed by atoms with Crippen LogP contribution in [-0.2, 0) is 0 Å². The summed E-state index contributed by atoms with van der Waals surface area (Å²) in [5, 5.41) is 4.24. The molecule has 5 nitrogen and oxygen atoms in total. The molecular formula is C22H24N4OS. The van der Waals surface area contributed by atoms with Crippen molar-refractivity contribution in [3.05, 3.63) is 78.4 Å². The fraction of sp³-hybridized carbons (Fsp3) is 0.273. The standard InChI is InChI=1S/C22H24N4OS/c1-3-25-21(20(24-22(25)28)18-8-5-6-14-23-18)19-9-7-15-26(19)16-10-12-17(13-11-16)27-4-2/h5-15,20-21H,3-4H2,1-2H3,(H,24,28)/t20-,21+/m1/s1. The zero-order chi connectivity index (χ0) is 19.5. The molecule has 3 aromatic rings. The van der Waals surface area contributed by atoms with E-state index < -0.39 is 0 Å². The molecule has 0 saturated carbocycles. The van der Waals surface area contributed by atoms with E-state index in [9.17, 15) is 0 Å². The Morgan fingerprint density at radius 3 is 2.57 bits per heavy atom. The normalized spacial score (nSPS) is 18.9. The minimum atomic E-state index is 0.00463. The Balaban J connectivity index is 1.74. The van der Waals surface area contributed by atoms with Crippen molar-refractivity contribution >= 4 is 17.3 Å². The average Bonchev–Trinajstić information content (AvgIpc) is 3.33. The van der Waals surface area contributed by atoms with Gasteiger partial charge in [-0.3, -0.25) is 4.98 Å². The van der Waals surface area contributed by atoms with E-state index in [2.05, 4.69) is 63.2 Å². The van der Waals surface area contributed by atoms with Crippen LogP contribution in [0.5, 0.6) is 5.75 Å². The molecule has 0 radical (unpaired) electrons. The number of benzene rings is 1. The van der Waals surface area contributed by atoms with Crippen LogP contribution in [0.25, 0.3) is 5.69 Å². The highest BCUT2D eigenvalue weighted by molar-refractivity contribution is 7.80. The molecule has 0 aliphatic carbocycles. The lowest BCUT2D eigenvalue weighted by molar-refractivity contribution is 0.321. The van der Waals surface area contributed by atoms with Crippen LogP contribution in [0.2, 0.25) is 0 Å². The van der Waals surface area contributed by atoms with Crippen LogP contribution in [0.4, 0.5) is 0 Å². The second-order valence-electron chi connectivity index (χ2n) is 6.64. The Bertz CT molecular complexity index is 939. The minimum absolute atomic E-state index is 0.00463. The molecule has 1 aromatic carbocycles. The summed E-state index contributed by atoms with van der Waals surface area (Å²) in [5.41, 5.74) is 3.26. The van der Waals surface area contributed by atoms with Crippen LogP contribution in [0.15, 0.2) is 67.0 Å². The maximum absolute atomic E-state index is 5.64. The molecule has 1 saturated heterocycles. The summed E-state index contributed by atoms with van der Waals surface area (Å²) in [4.78, 5) is 6.82. The number of pyridine rings is 1. The van der Waals surface area contributed by atoms with Crippen molar-refractivity contribution in [2.24, 2.45) is 0 Å². The molecule has 3 heterocycles. The number of likely N-dealkylation sites (N-methyl/N-ethyl adjacent to an activating group) is 1. The molecule has 4 rings (SSSR count). The van der Waals surface area contributed by atoms with Crippen molar-refractivity contribution in [3.63, 3.8) is 0 Å². The van der Waals surface area contributed by atoms with Gasteiger partial charge in [0.2, 0.25) is 0 Å². The molecular weight excluding hydrogens is 368 g/mol. The van der Waals surface area contributed by atoms with Gasteiger partial charge in [-0.2, -0.15) is 0 Å². The number of rotatable bonds is 6. The largest absolute Gasteiger partial charge is 0.494 e. The first-order chi connectivity index (χ1) is 13.7. The Hall–Kier alpha value is -2.86. The maximum atomic E-state index is 5.64. The molecule has 0 spiro atoms. The minimum Gasteiger partial charge on any atom is -0.494 e. The van der Waals surface area contributed by atoms with E-state index in [-0.39, 0.29) is 12.1 Å². The number of hydrogen-bond donors (Lipinski definition) is 1. The first-order valence-corrected chi connectivity index (χ1v) is 10.0. The van der Waals surface area contributed by atoms with Gasteiger partial charge in [-0.15, -0.1) is 0 Å². The average molecular weight is 393 g/mol. The lowest BCUT2D eigenvalue weighted by atomic mass is 10.0. The maximum Gasteiger partial charge on any atom is 0.170 e. The van der Waals surface area contributed by atoms with E-state index in [1.54, 1.807) is 0 Å². The Labute approximate surface area is 171 Å². The van der Waals surface area contributed by atoms with E-state index in [1.807, 2.05) is 37.4 Å². The van der Waals surface area contributed by atoms with Gasteiger partial charge < -0.3 is 19.5 Å². The zero-order valence-electron chi connectivity index (χ0n) is 16.1. The number of nitrogens with zero attached hydrogens (tertiary/aromatic N) is 3. The van der Waals surface area contributed by atoms with E-state index in [4.69, 9.17) is 17.0 Å². The monoisotopic (exact) mass is 392 g/mol. The summed E-state index contributed by atoms with van der Waals surface area (Å²) in [5.74, 6) is 0.880. The van der Waals surface area contributed by atoms with E-state index in [0.29, 0.717) is 6.61 Å². The molecule has 1 aliphatic rings. The van der Waals surface area contributed by atoms with Gasteiger partial charge in [0.15, 0.2) is 5.11 Å². The van der Waals surface area contributed by atoms with Gasteiger partial charge in [-0.25, -0.2) is 0 Å². The van der Waals surface area contributed by atoms with Gasteiger partial charge in [-0.05, 0) is 74.6 Å². The van der Waals surface area contributed by atoms with E-state index in [0.717, 1.165) is 28.8 Å². The summed E-state index contributed by atoms with van der Waals surface area (Å²) in [7, 11) is 0. The third-order valence-corrected chi connectivity index (χ3v) is 5.40. The van der Waals surface area contributed by atoms with Crippen LogP contribution in [0.1, 0.15) is 37.3 Å². The van der Waals surface area contributed by atoms with Crippen molar-refractivity contribution in [3.8, 4) is 11.4 Å². The van der Waals surface area contributed by atoms with Crippen LogP contribution in [-0.4, -0.2) is 32.7 Å². The lowest BCUT2D eigenvalue weighted by Gasteiger charge is -2.28. The molecule has 6 heteroatoms. The first kappa shape index (κ1) is 18.5. The molecule has 2 aromatic heterocycles. The summed E-state index contributed by atoms with van der Waals surface area (Å²) < 4.78 is 7.80. The Morgan fingerprint density at radius 1 is 1.07 bits per heavy atom. The van der Waals surface area contributed by atoms with Gasteiger partial charge in [0.25, 0.3) is 0 Å². The molecule has 144 valence electrons. The predicted octanol–water partition coefficient (Wildman–Crippen LogP) is 4.26. The van der Waals surface area contributed by atoms with Crippen molar-refractivity contribution < 1.29 is 4.74 Å². The topological polar surface area (TPSA) is 42.3 Å². The smallest absolute Gasteiger partial charge is 0.170 e. The van der Waals surface area contributed by atoms with Gasteiger partial charge >= 0.3 is 0 Å². The number of nitrogens with one attached hydrogen (secondary N) is 1. The molecule has 28 heavy (non-hydrogen) atoms. The number of hydrogen-bond acceptors (Lipinski definition) is 3. The highest BCUT2D eigenvalue weighted by Gasteiger charge is 2.40. The van der Waals surface area contributed by atoms with Crippen molar-refractivity contribution in [1.82, 2.24) is 19.8 Å². The SMILES string of the molecule is CCOc1ccc(-n2cccc2[C@H]2[C@@H](c3ccccn3)NC(=S)N2CC)cc1. The Kier molecular flexibility index (Phi) is 5.30. The van der Waals surface area contributed by atoms with Crippen molar-refractivity contribution in [1.29, 1.82) is 0 Å². The molecule has 0 bridgehead atoms. The molecule has 1 aliphatic heterocycles. The van der Waals surface area contributed by atoms with Crippen LogP contribution in [0, 0.1) is 0 Å². The first-order valence-electron chi connectivity index (χ1n) is 9.61. The van der Waals surface area contributed by atoms with Gasteiger partial charge in [0.1, 0.15) is 5.75 Å². The molecule has 2 atom stereocenters. The number of thiocarbonyl (C=S) groups is 1. The van der Waals surface area contributed by atoms with Gasteiger partial charge in [0.05, 0.1) is 24.4 Å². The van der Waals surface area contributed by atoms with Gasteiger partial charge in [-0.1, -0.05) is 6.07 Å². The van der Waals surface area contributed by atoms with Crippen molar-refractivity contribution in [2.75, 3.05) is 13.2 Å². The predicted molar refractivity (Wildman–Crippen MR) is 115 cm³/mol. The fourth-order valence-corrected chi connectivity index (χ4v) is 4.18. The lowest BCUT2D eigenvalue weighted by Crippen LogP contribution is -2.30. The highest BCUT2D eigenvalue weighted by atomic mass is 32.1. The van der Waals surface area contributed by atoms with Crippen LogP contribution in [0.3, 0.4) is 0 Å². The summed E-state index contributed by atoms with van der Waals surface area (Å²) in [6.07, 6.45) is 3.92. The summed E-state index contributed by atoms with van der Waals surface area (Å²) >= 11 is 5.64. The van der Waals surface area contributed by atoms with Crippen LogP contribution >= 0.6 is 12.2 Å². The van der Waals surface area contributed by atoms with Gasteiger partial charge in [0, 0.05) is 30.3 Å². The quantitative estimate of drug-likeness (QED) is 0.635.